The Bertz CT molecular complexity index is 617. The van der Waals surface area contributed by atoms with Gasteiger partial charge < -0.3 is 15.4 Å². The zero-order valence-electron chi connectivity index (χ0n) is 8.84. The van der Waals surface area contributed by atoms with Gasteiger partial charge in [0.2, 0.25) is 5.82 Å². The number of aromatic amines is 1. The fourth-order valence-electron chi connectivity index (χ4n) is 1.05. The number of carbonyl (C=O) groups excluding carboxylic acids is 1. The van der Waals surface area contributed by atoms with Gasteiger partial charge in [0.25, 0.3) is 0 Å². The summed E-state index contributed by atoms with van der Waals surface area (Å²) in [6, 6.07) is -2.87. The number of nitrogens with zero attached hydrogens (tertiary/aromatic N) is 1. The lowest BCUT2D eigenvalue weighted by Gasteiger charge is -2.10. The first-order valence-electron chi connectivity index (χ1n) is 4.55. The van der Waals surface area contributed by atoms with Crippen molar-refractivity contribution < 1.29 is 19.1 Å². The summed E-state index contributed by atoms with van der Waals surface area (Å²) in [5, 5.41) is 10.4. The number of aromatic nitrogens is 2. The van der Waals surface area contributed by atoms with Crippen LogP contribution >= 0.6 is 0 Å². The van der Waals surface area contributed by atoms with E-state index < -0.39 is 35.1 Å². The Kier molecular flexibility index (Phi) is 3.77. The van der Waals surface area contributed by atoms with Crippen LogP contribution in [0.2, 0.25) is 0 Å². The van der Waals surface area contributed by atoms with Crippen molar-refractivity contribution in [2.45, 2.75) is 6.04 Å². The Labute approximate surface area is 98.4 Å². The topological polar surface area (TPSA) is 121 Å². The van der Waals surface area contributed by atoms with Crippen LogP contribution in [-0.4, -0.2) is 32.7 Å². The Morgan fingerprint density at radius 3 is 2.67 bits per heavy atom. The largest absolute Gasteiger partial charge is 0.479 e. The number of hydrogen-bond donors (Lipinski definition) is 3. The monoisotopic (exact) mass is 257 g/mol. The normalized spacial score (nSPS) is 11.6. The molecule has 1 unspecified atom stereocenters. The first kappa shape index (κ1) is 13.4. The first-order chi connectivity index (χ1) is 8.38. The maximum Gasteiger partial charge on any atom is 0.336 e. The molecule has 0 aliphatic carbocycles. The Balaban J connectivity index is 3.17. The molecule has 3 N–H and O–H groups in total. The maximum absolute atomic E-state index is 12.9. The van der Waals surface area contributed by atoms with Crippen LogP contribution in [0.3, 0.4) is 0 Å². The summed E-state index contributed by atoms with van der Waals surface area (Å²) in [4.78, 5) is 46.3. The molecule has 0 aliphatic rings. The van der Waals surface area contributed by atoms with E-state index >= 15 is 0 Å². The van der Waals surface area contributed by atoms with Crippen LogP contribution in [-0.2, 0) is 4.79 Å². The lowest BCUT2D eigenvalue weighted by atomic mass is 10.3. The molecular weight excluding hydrogens is 249 g/mol. The van der Waals surface area contributed by atoms with Crippen molar-refractivity contribution >= 4 is 12.0 Å². The predicted molar refractivity (Wildman–Crippen MR) is 56.8 cm³/mol. The number of halogens is 1. The summed E-state index contributed by atoms with van der Waals surface area (Å²) in [6.07, 6.45) is 1.37. The molecule has 1 aromatic heterocycles. The van der Waals surface area contributed by atoms with Crippen LogP contribution in [0.4, 0.5) is 9.18 Å². The highest BCUT2D eigenvalue weighted by Gasteiger charge is 2.20. The van der Waals surface area contributed by atoms with Gasteiger partial charge in [-0.25, -0.2) is 14.4 Å². The zero-order valence-corrected chi connectivity index (χ0v) is 8.84. The second-order valence-electron chi connectivity index (χ2n) is 3.08. The van der Waals surface area contributed by atoms with Crippen molar-refractivity contribution in [2.24, 2.45) is 0 Å². The van der Waals surface area contributed by atoms with E-state index in [1.54, 1.807) is 0 Å². The summed E-state index contributed by atoms with van der Waals surface area (Å²) < 4.78 is 12.8. The lowest BCUT2D eigenvalue weighted by molar-refractivity contribution is -0.137. The maximum atomic E-state index is 12.9. The van der Waals surface area contributed by atoms with Crippen molar-refractivity contribution in [3.8, 4) is 0 Å². The Morgan fingerprint density at radius 2 is 2.17 bits per heavy atom. The van der Waals surface area contributed by atoms with E-state index in [1.807, 2.05) is 10.3 Å². The fourth-order valence-corrected chi connectivity index (χ4v) is 1.05. The molecule has 0 saturated heterocycles. The van der Waals surface area contributed by atoms with E-state index in [1.165, 1.54) is 0 Å². The van der Waals surface area contributed by atoms with Crippen molar-refractivity contribution in [1.29, 1.82) is 0 Å². The van der Waals surface area contributed by atoms with E-state index in [2.05, 4.69) is 6.58 Å². The summed E-state index contributed by atoms with van der Waals surface area (Å²) in [5.41, 5.74) is -2.67. The van der Waals surface area contributed by atoms with Crippen LogP contribution in [0.1, 0.15) is 0 Å². The van der Waals surface area contributed by atoms with Crippen molar-refractivity contribution in [3.05, 3.63) is 45.5 Å². The zero-order chi connectivity index (χ0) is 13.9. The number of rotatable bonds is 3. The van der Waals surface area contributed by atoms with Crippen molar-refractivity contribution in [2.75, 3.05) is 0 Å². The number of carboxylic acids is 1. The molecule has 9 heteroatoms. The molecule has 18 heavy (non-hydrogen) atoms. The number of nitrogens with one attached hydrogen (secondary N) is 2. The van der Waals surface area contributed by atoms with Crippen LogP contribution in [0.25, 0.3) is 0 Å². The third-order valence-corrected chi connectivity index (χ3v) is 1.92. The molecule has 0 bridgehead atoms. The van der Waals surface area contributed by atoms with E-state index in [4.69, 9.17) is 5.11 Å². The van der Waals surface area contributed by atoms with Crippen LogP contribution in [0.15, 0.2) is 28.4 Å². The minimum absolute atomic E-state index is 0.0885. The molecule has 0 aromatic carbocycles. The van der Waals surface area contributed by atoms with Gasteiger partial charge in [0, 0.05) is 6.20 Å². The fraction of sp³-hybridized carbons (Fsp3) is 0.111. The van der Waals surface area contributed by atoms with Gasteiger partial charge in [-0.1, -0.05) is 6.08 Å². The summed E-state index contributed by atoms with van der Waals surface area (Å²) >= 11 is 0. The number of hydrogen-bond acceptors (Lipinski definition) is 4. The molecule has 1 rings (SSSR count). The molecule has 0 saturated carbocycles. The second kappa shape index (κ2) is 5.08. The van der Waals surface area contributed by atoms with E-state index in [0.29, 0.717) is 6.20 Å². The van der Waals surface area contributed by atoms with Gasteiger partial charge in [0.1, 0.15) is 6.04 Å². The minimum atomic E-state index is -1.51. The molecule has 0 aliphatic heterocycles. The third-order valence-electron chi connectivity index (χ3n) is 1.92. The van der Waals surface area contributed by atoms with E-state index in [-0.39, 0.29) is 4.57 Å². The van der Waals surface area contributed by atoms with Gasteiger partial charge in [-0.2, -0.15) is 8.96 Å². The van der Waals surface area contributed by atoms with Gasteiger partial charge in [0.15, 0.2) is 0 Å². The molecule has 1 amide bonds. The molecule has 0 radical (unpaired) electrons. The van der Waals surface area contributed by atoms with Gasteiger partial charge in [-0.05, 0) is 0 Å². The highest BCUT2D eigenvalue weighted by Crippen LogP contribution is 1.87. The number of carbonyl (C=O) groups is 2. The van der Waals surface area contributed by atoms with E-state index in [9.17, 15) is 23.6 Å². The molecule has 0 spiro atoms. The molecule has 8 nitrogen and oxygen atoms in total. The third kappa shape index (κ3) is 2.51. The van der Waals surface area contributed by atoms with Crippen molar-refractivity contribution in [1.82, 2.24) is 14.9 Å². The van der Waals surface area contributed by atoms with E-state index in [0.717, 1.165) is 6.08 Å². The van der Waals surface area contributed by atoms with Gasteiger partial charge in [-0.3, -0.25) is 4.79 Å². The molecule has 1 aromatic rings. The summed E-state index contributed by atoms with van der Waals surface area (Å²) in [6.45, 7) is 3.15. The minimum Gasteiger partial charge on any atom is -0.479 e. The standard InChI is InChI=1S/C9H8FN3O5/c1-2-5(7(15)16)12-9(18)13-6(14)4(10)3-11-8(13)17/h2-3,5H,1H2,(H,11,17)(H,12,18)(H,15,16). The molecule has 96 valence electrons. The molecule has 1 atom stereocenters. The Hall–Kier alpha value is -2.71. The SMILES string of the molecule is C=CC(NC(=O)n1c(=O)[nH]cc(F)c1=O)C(=O)O. The molecule has 1 heterocycles. The van der Waals surface area contributed by atoms with Gasteiger partial charge in [0.05, 0.1) is 0 Å². The second-order valence-corrected chi connectivity index (χ2v) is 3.08. The van der Waals surface area contributed by atoms with Crippen LogP contribution in [0.5, 0.6) is 0 Å². The number of amides is 1. The molecule has 0 fully saturated rings. The predicted octanol–water partition coefficient (Wildman–Crippen LogP) is -1.13. The average Bonchev–Trinajstić information content (AvgIpc) is 2.31. The van der Waals surface area contributed by atoms with Crippen LogP contribution in [0, 0.1) is 5.82 Å². The lowest BCUT2D eigenvalue weighted by Crippen LogP contribution is -2.50. The highest BCUT2D eigenvalue weighted by molar-refractivity contribution is 5.84. The number of carboxylic acid groups (broad SMARTS) is 1. The smallest absolute Gasteiger partial charge is 0.336 e. The quantitative estimate of drug-likeness (QED) is 0.592. The van der Waals surface area contributed by atoms with Gasteiger partial charge in [-0.15, -0.1) is 6.58 Å². The van der Waals surface area contributed by atoms with Crippen LogP contribution < -0.4 is 16.6 Å². The Morgan fingerprint density at radius 1 is 1.56 bits per heavy atom. The summed E-state index contributed by atoms with van der Waals surface area (Å²) in [5.74, 6) is -2.80. The summed E-state index contributed by atoms with van der Waals surface area (Å²) in [7, 11) is 0. The van der Waals surface area contributed by atoms with Gasteiger partial charge >= 0.3 is 23.2 Å². The highest BCUT2D eigenvalue weighted by atomic mass is 19.1. The number of aliphatic carboxylic acids is 1. The van der Waals surface area contributed by atoms with Crippen molar-refractivity contribution in [3.63, 3.8) is 0 Å². The first-order valence-corrected chi connectivity index (χ1v) is 4.55. The number of H-pyrrole nitrogens is 1. The average molecular weight is 257 g/mol. The molecular formula is C9H8FN3O5.